The number of fused-ring (bicyclic) bond motifs is 2. The standard InChI is InChI=1S/C17H20N4OS/c22-17(21-7-2-16-14(10-21)4-8-23-16)3-6-20-5-1-13-9-18-12-19-15(13)11-20/h4,8-9,12H,1-3,5-7,10-11H2. The maximum Gasteiger partial charge on any atom is 0.224 e. The number of rotatable bonds is 3. The van der Waals surface area contributed by atoms with Crippen molar-refractivity contribution in [1.29, 1.82) is 0 Å². The Kier molecular flexibility index (Phi) is 4.10. The molecule has 6 heteroatoms. The highest BCUT2D eigenvalue weighted by molar-refractivity contribution is 7.10. The van der Waals surface area contributed by atoms with Gasteiger partial charge in [-0.05, 0) is 35.4 Å². The van der Waals surface area contributed by atoms with E-state index in [9.17, 15) is 4.79 Å². The van der Waals surface area contributed by atoms with Crippen molar-refractivity contribution in [3.05, 3.63) is 45.7 Å². The van der Waals surface area contributed by atoms with Gasteiger partial charge in [0.2, 0.25) is 5.91 Å². The van der Waals surface area contributed by atoms with Crippen LogP contribution in [0.4, 0.5) is 0 Å². The van der Waals surface area contributed by atoms with Gasteiger partial charge in [-0.25, -0.2) is 9.97 Å². The number of carbonyl (C=O) groups is 1. The van der Waals surface area contributed by atoms with E-state index in [-0.39, 0.29) is 5.91 Å². The van der Waals surface area contributed by atoms with Gasteiger partial charge in [0.25, 0.3) is 0 Å². The van der Waals surface area contributed by atoms with E-state index >= 15 is 0 Å². The van der Waals surface area contributed by atoms with Gasteiger partial charge in [-0.3, -0.25) is 9.69 Å². The van der Waals surface area contributed by atoms with Crippen molar-refractivity contribution in [3.63, 3.8) is 0 Å². The lowest BCUT2D eigenvalue weighted by Gasteiger charge is -2.30. The predicted octanol–water partition coefficient (Wildman–Crippen LogP) is 1.87. The Bertz CT molecular complexity index is 714. The molecule has 2 aromatic rings. The van der Waals surface area contributed by atoms with Crippen molar-refractivity contribution in [2.24, 2.45) is 0 Å². The molecule has 0 spiro atoms. The molecule has 1 amide bonds. The Labute approximate surface area is 140 Å². The quantitative estimate of drug-likeness (QED) is 0.863. The molecule has 23 heavy (non-hydrogen) atoms. The smallest absolute Gasteiger partial charge is 0.224 e. The van der Waals surface area contributed by atoms with Crippen LogP contribution < -0.4 is 0 Å². The second kappa shape index (κ2) is 6.37. The molecule has 5 nitrogen and oxygen atoms in total. The van der Waals surface area contributed by atoms with E-state index in [2.05, 4.69) is 26.3 Å². The molecule has 4 rings (SSSR count). The summed E-state index contributed by atoms with van der Waals surface area (Å²) in [5.41, 5.74) is 3.69. The number of aromatic nitrogens is 2. The van der Waals surface area contributed by atoms with Crippen LogP contribution in [0.3, 0.4) is 0 Å². The third kappa shape index (κ3) is 3.14. The highest BCUT2D eigenvalue weighted by Crippen LogP contribution is 2.24. The number of thiophene rings is 1. The first-order chi connectivity index (χ1) is 11.3. The first-order valence-electron chi connectivity index (χ1n) is 8.13. The minimum absolute atomic E-state index is 0.273. The number of hydrogen-bond acceptors (Lipinski definition) is 5. The number of nitrogens with zero attached hydrogens (tertiary/aromatic N) is 4. The third-order valence-electron chi connectivity index (χ3n) is 4.75. The fourth-order valence-corrected chi connectivity index (χ4v) is 4.26. The molecule has 4 heterocycles. The van der Waals surface area contributed by atoms with Crippen LogP contribution in [0.25, 0.3) is 0 Å². The Morgan fingerprint density at radius 3 is 3.13 bits per heavy atom. The van der Waals surface area contributed by atoms with E-state index in [1.165, 1.54) is 16.0 Å². The van der Waals surface area contributed by atoms with Crippen molar-refractivity contribution in [2.45, 2.75) is 32.4 Å². The van der Waals surface area contributed by atoms with Gasteiger partial charge in [-0.1, -0.05) is 0 Å². The molecule has 2 aliphatic rings. The highest BCUT2D eigenvalue weighted by atomic mass is 32.1. The molecule has 0 aliphatic carbocycles. The average Bonchev–Trinajstić information content (AvgIpc) is 3.07. The second-order valence-corrected chi connectivity index (χ2v) is 7.21. The molecule has 0 bridgehead atoms. The van der Waals surface area contributed by atoms with Crippen LogP contribution in [-0.2, 0) is 30.7 Å². The fourth-order valence-electron chi connectivity index (χ4n) is 3.37. The first-order valence-corrected chi connectivity index (χ1v) is 9.01. The highest BCUT2D eigenvalue weighted by Gasteiger charge is 2.23. The van der Waals surface area contributed by atoms with Crippen molar-refractivity contribution in [3.8, 4) is 0 Å². The van der Waals surface area contributed by atoms with Crippen LogP contribution in [0.1, 0.15) is 28.1 Å². The summed E-state index contributed by atoms with van der Waals surface area (Å²) in [5, 5.41) is 2.13. The van der Waals surface area contributed by atoms with Gasteiger partial charge in [0.05, 0.1) is 5.69 Å². The summed E-state index contributed by atoms with van der Waals surface area (Å²) in [6, 6.07) is 2.15. The molecule has 0 saturated carbocycles. The summed E-state index contributed by atoms with van der Waals surface area (Å²) in [7, 11) is 0. The summed E-state index contributed by atoms with van der Waals surface area (Å²) in [6.45, 7) is 4.29. The summed E-state index contributed by atoms with van der Waals surface area (Å²) in [4.78, 5) is 26.7. The normalized spacial score (nSPS) is 17.7. The minimum atomic E-state index is 0.273. The molecule has 0 atom stereocenters. The average molecular weight is 328 g/mol. The lowest BCUT2D eigenvalue weighted by Crippen LogP contribution is -2.39. The van der Waals surface area contributed by atoms with Crippen molar-refractivity contribution >= 4 is 17.2 Å². The van der Waals surface area contributed by atoms with Gasteiger partial charge < -0.3 is 4.90 Å². The van der Waals surface area contributed by atoms with Gasteiger partial charge in [0.1, 0.15) is 6.33 Å². The minimum Gasteiger partial charge on any atom is -0.338 e. The van der Waals surface area contributed by atoms with Gasteiger partial charge >= 0.3 is 0 Å². The summed E-state index contributed by atoms with van der Waals surface area (Å²) in [5.74, 6) is 0.273. The summed E-state index contributed by atoms with van der Waals surface area (Å²) >= 11 is 1.81. The zero-order valence-electron chi connectivity index (χ0n) is 13.1. The number of carbonyl (C=O) groups excluding carboxylic acids is 1. The van der Waals surface area contributed by atoms with Crippen LogP contribution in [-0.4, -0.2) is 45.3 Å². The van der Waals surface area contributed by atoms with E-state index in [0.29, 0.717) is 6.42 Å². The number of hydrogen-bond donors (Lipinski definition) is 0. The molecule has 0 unspecified atom stereocenters. The molecule has 0 fully saturated rings. The molecule has 0 aromatic carbocycles. The van der Waals surface area contributed by atoms with Gasteiger partial charge in [-0.15, -0.1) is 11.3 Å². The Hall–Kier alpha value is -1.79. The lowest BCUT2D eigenvalue weighted by atomic mass is 10.1. The van der Waals surface area contributed by atoms with Crippen LogP contribution in [0, 0.1) is 0 Å². The first kappa shape index (κ1) is 14.8. The third-order valence-corrected chi connectivity index (χ3v) is 5.78. The Morgan fingerprint density at radius 2 is 2.17 bits per heavy atom. The van der Waals surface area contributed by atoms with Gasteiger partial charge in [0, 0.05) is 50.2 Å². The van der Waals surface area contributed by atoms with Crippen LogP contribution in [0.15, 0.2) is 24.0 Å². The van der Waals surface area contributed by atoms with Crippen LogP contribution >= 0.6 is 11.3 Å². The van der Waals surface area contributed by atoms with Crippen LogP contribution in [0.5, 0.6) is 0 Å². The van der Waals surface area contributed by atoms with Crippen molar-refractivity contribution in [1.82, 2.24) is 19.8 Å². The summed E-state index contributed by atoms with van der Waals surface area (Å²) < 4.78 is 0. The molecular weight excluding hydrogens is 308 g/mol. The molecule has 120 valence electrons. The largest absolute Gasteiger partial charge is 0.338 e. The monoisotopic (exact) mass is 328 g/mol. The van der Waals surface area contributed by atoms with E-state index < -0.39 is 0 Å². The Morgan fingerprint density at radius 1 is 1.22 bits per heavy atom. The molecule has 0 radical (unpaired) electrons. The molecule has 2 aromatic heterocycles. The topological polar surface area (TPSA) is 49.3 Å². The molecule has 2 aliphatic heterocycles. The van der Waals surface area contributed by atoms with Crippen molar-refractivity contribution in [2.75, 3.05) is 19.6 Å². The van der Waals surface area contributed by atoms with Crippen LogP contribution in [0.2, 0.25) is 0 Å². The number of amides is 1. The SMILES string of the molecule is O=C(CCN1CCc2cncnc2C1)N1CCc2sccc2C1. The predicted molar refractivity (Wildman–Crippen MR) is 89.1 cm³/mol. The zero-order valence-corrected chi connectivity index (χ0v) is 13.9. The zero-order chi connectivity index (χ0) is 15.6. The van der Waals surface area contributed by atoms with Gasteiger partial charge in [-0.2, -0.15) is 0 Å². The molecular formula is C17H20N4OS. The van der Waals surface area contributed by atoms with E-state index in [1.54, 1.807) is 6.33 Å². The van der Waals surface area contributed by atoms with E-state index in [0.717, 1.165) is 51.3 Å². The second-order valence-electron chi connectivity index (χ2n) is 6.21. The van der Waals surface area contributed by atoms with E-state index in [1.807, 2.05) is 22.4 Å². The molecule has 0 saturated heterocycles. The summed E-state index contributed by atoms with van der Waals surface area (Å²) in [6.07, 6.45) is 6.11. The maximum absolute atomic E-state index is 12.5. The van der Waals surface area contributed by atoms with Crippen molar-refractivity contribution < 1.29 is 4.79 Å². The lowest BCUT2D eigenvalue weighted by molar-refractivity contribution is -0.132. The fraction of sp³-hybridized carbons (Fsp3) is 0.471. The van der Waals surface area contributed by atoms with E-state index in [4.69, 9.17) is 0 Å². The Balaban J connectivity index is 1.31. The molecule has 0 N–H and O–H groups in total. The maximum atomic E-state index is 12.5. The van der Waals surface area contributed by atoms with Gasteiger partial charge in [0.15, 0.2) is 0 Å².